The zero-order valence-corrected chi connectivity index (χ0v) is 24.5. The van der Waals surface area contributed by atoms with Crippen LogP contribution in [0.2, 0.25) is 0 Å². The van der Waals surface area contributed by atoms with E-state index in [1.54, 1.807) is 23.1 Å². The molecule has 0 radical (unpaired) electrons. The molecule has 1 atom stereocenters. The molecule has 228 valence electrons. The number of aliphatic hydroxyl groups excluding tert-OH is 1. The smallest absolute Gasteiger partial charge is 0.258 e. The van der Waals surface area contributed by atoms with Gasteiger partial charge in [-0.05, 0) is 62.3 Å². The molecular formula is C29H37F2N5O5S. The number of nitrogens with one attached hydrogen (secondary N) is 2. The highest BCUT2D eigenvalue weighted by molar-refractivity contribution is 7.93. The average Bonchev–Trinajstić information content (AvgIpc) is 3.53. The summed E-state index contributed by atoms with van der Waals surface area (Å²) in [6.07, 6.45) is 4.54. The molecule has 3 fully saturated rings. The number of alkyl halides is 2. The summed E-state index contributed by atoms with van der Waals surface area (Å²) in [5.74, 6) is -1.76. The first kappa shape index (κ1) is 28.9. The van der Waals surface area contributed by atoms with Crippen molar-refractivity contribution in [2.24, 2.45) is 5.41 Å². The number of aliphatic hydroxyl groups is 1. The van der Waals surface area contributed by atoms with Crippen molar-refractivity contribution < 1.29 is 31.8 Å². The Hall–Kier alpha value is -3.19. The van der Waals surface area contributed by atoms with E-state index in [1.807, 2.05) is 0 Å². The summed E-state index contributed by atoms with van der Waals surface area (Å²) in [6.45, 7) is 3.14. The number of pyridine rings is 1. The van der Waals surface area contributed by atoms with Crippen LogP contribution in [0.1, 0.15) is 61.4 Å². The van der Waals surface area contributed by atoms with E-state index in [0.29, 0.717) is 52.8 Å². The van der Waals surface area contributed by atoms with Gasteiger partial charge in [-0.2, -0.15) is 0 Å². The second kappa shape index (κ2) is 10.8. The van der Waals surface area contributed by atoms with Gasteiger partial charge in [-0.15, -0.1) is 0 Å². The lowest BCUT2D eigenvalue weighted by molar-refractivity contribution is -0.0222. The van der Waals surface area contributed by atoms with Crippen LogP contribution >= 0.6 is 0 Å². The number of amides is 1. The van der Waals surface area contributed by atoms with Crippen molar-refractivity contribution in [1.29, 1.82) is 0 Å². The van der Waals surface area contributed by atoms with E-state index in [9.17, 15) is 27.1 Å². The highest BCUT2D eigenvalue weighted by Crippen LogP contribution is 2.54. The number of nitrogens with zero attached hydrogens (tertiary/aromatic N) is 3. The van der Waals surface area contributed by atoms with Crippen molar-refractivity contribution in [3.05, 3.63) is 35.4 Å². The largest absolute Gasteiger partial charge is 0.489 e. The lowest BCUT2D eigenvalue weighted by atomic mass is 9.93. The molecule has 1 spiro atoms. The van der Waals surface area contributed by atoms with Crippen LogP contribution in [0, 0.1) is 5.41 Å². The molecule has 4 heterocycles. The molecule has 0 bridgehead atoms. The minimum atomic E-state index is -3.82. The first-order valence-electron chi connectivity index (χ1n) is 14.6. The number of rotatable bonds is 8. The predicted octanol–water partition coefficient (Wildman–Crippen LogP) is 4.01. The Bertz CT molecular complexity index is 1460. The first-order valence-corrected chi connectivity index (χ1v) is 16.1. The third-order valence-corrected chi connectivity index (χ3v) is 10.8. The van der Waals surface area contributed by atoms with Crippen molar-refractivity contribution in [2.75, 3.05) is 59.2 Å². The lowest BCUT2D eigenvalue weighted by Gasteiger charge is -2.35. The van der Waals surface area contributed by atoms with Crippen molar-refractivity contribution >= 4 is 38.9 Å². The van der Waals surface area contributed by atoms with Gasteiger partial charge in [-0.25, -0.2) is 22.2 Å². The zero-order chi connectivity index (χ0) is 29.7. The van der Waals surface area contributed by atoms with Gasteiger partial charge in [0.15, 0.2) is 11.6 Å². The van der Waals surface area contributed by atoms with E-state index in [4.69, 9.17) is 4.74 Å². The van der Waals surface area contributed by atoms with Crippen LogP contribution in [0.15, 0.2) is 24.3 Å². The molecule has 42 heavy (non-hydrogen) atoms. The lowest BCUT2D eigenvalue weighted by Crippen LogP contribution is -2.40. The van der Waals surface area contributed by atoms with Crippen LogP contribution in [0.3, 0.4) is 0 Å². The van der Waals surface area contributed by atoms with Gasteiger partial charge < -0.3 is 25.0 Å². The quantitative estimate of drug-likeness (QED) is 0.413. The fourth-order valence-electron chi connectivity index (χ4n) is 6.00. The third kappa shape index (κ3) is 5.85. The zero-order valence-electron chi connectivity index (χ0n) is 23.7. The minimum absolute atomic E-state index is 0.139. The molecule has 3 aliphatic heterocycles. The molecule has 6 rings (SSSR count). The number of benzene rings is 1. The summed E-state index contributed by atoms with van der Waals surface area (Å²) in [5.41, 5.74) is 2.56. The van der Waals surface area contributed by atoms with E-state index in [0.717, 1.165) is 31.5 Å². The molecule has 10 nitrogen and oxygen atoms in total. The highest BCUT2D eigenvalue weighted by atomic mass is 32.2. The van der Waals surface area contributed by atoms with E-state index in [1.165, 1.54) is 25.8 Å². The summed E-state index contributed by atoms with van der Waals surface area (Å²) >= 11 is 0. The van der Waals surface area contributed by atoms with Crippen LogP contribution in [0.4, 0.5) is 31.8 Å². The Morgan fingerprint density at radius 2 is 1.76 bits per heavy atom. The van der Waals surface area contributed by atoms with E-state index in [-0.39, 0.29) is 25.9 Å². The second-order valence-corrected chi connectivity index (χ2v) is 14.2. The number of anilines is 4. The van der Waals surface area contributed by atoms with Gasteiger partial charge in [-0.1, -0.05) is 0 Å². The second-order valence-electron chi connectivity index (χ2n) is 12.1. The molecular weight excluding hydrogens is 568 g/mol. The molecule has 0 unspecified atom stereocenters. The van der Waals surface area contributed by atoms with Crippen molar-refractivity contribution in [3.63, 3.8) is 0 Å². The summed E-state index contributed by atoms with van der Waals surface area (Å²) < 4.78 is 61.3. The number of fused-ring (bicyclic) bond motifs is 1. The van der Waals surface area contributed by atoms with E-state index >= 15 is 0 Å². The molecule has 13 heteroatoms. The monoisotopic (exact) mass is 605 g/mol. The number of aromatic nitrogens is 1. The summed E-state index contributed by atoms with van der Waals surface area (Å²) in [4.78, 5) is 22.3. The van der Waals surface area contributed by atoms with Crippen molar-refractivity contribution in [3.8, 4) is 5.75 Å². The number of halogens is 2. The molecule has 1 amide bonds. The van der Waals surface area contributed by atoms with Gasteiger partial charge in [0, 0.05) is 51.0 Å². The predicted molar refractivity (Wildman–Crippen MR) is 156 cm³/mol. The van der Waals surface area contributed by atoms with Gasteiger partial charge in [-0.3, -0.25) is 9.52 Å². The Morgan fingerprint density at radius 3 is 2.43 bits per heavy atom. The maximum Gasteiger partial charge on any atom is 0.258 e. The first-order chi connectivity index (χ1) is 20.0. The highest BCUT2D eigenvalue weighted by Gasteiger charge is 2.45. The summed E-state index contributed by atoms with van der Waals surface area (Å²) in [6, 6.07) is 6.57. The minimum Gasteiger partial charge on any atom is -0.489 e. The van der Waals surface area contributed by atoms with Gasteiger partial charge >= 0.3 is 0 Å². The molecule has 1 aromatic heterocycles. The van der Waals surface area contributed by atoms with Crippen molar-refractivity contribution in [1.82, 2.24) is 4.98 Å². The Kier molecular flexibility index (Phi) is 7.45. The van der Waals surface area contributed by atoms with Gasteiger partial charge in [0.2, 0.25) is 10.0 Å². The van der Waals surface area contributed by atoms with E-state index < -0.39 is 33.7 Å². The third-order valence-electron chi connectivity index (χ3n) is 9.10. The number of hydrogen-bond donors (Lipinski definition) is 3. The average molecular weight is 606 g/mol. The number of piperidine rings is 2. The number of sulfonamides is 1. The van der Waals surface area contributed by atoms with Crippen molar-refractivity contribution in [2.45, 2.75) is 63.0 Å². The van der Waals surface area contributed by atoms with Crippen LogP contribution in [0.25, 0.3) is 0 Å². The number of carbonyl (C=O) groups is 1. The molecule has 1 aliphatic carbocycles. The van der Waals surface area contributed by atoms with Gasteiger partial charge in [0.05, 0.1) is 30.2 Å². The van der Waals surface area contributed by atoms with Crippen LogP contribution in [-0.2, 0) is 16.4 Å². The fourth-order valence-corrected chi connectivity index (χ4v) is 6.85. The number of ether oxygens (including phenoxy) is 1. The van der Waals surface area contributed by atoms with Crippen LogP contribution in [-0.4, -0.2) is 75.0 Å². The molecule has 2 aromatic rings. The summed E-state index contributed by atoms with van der Waals surface area (Å²) in [5, 5.41) is 11.3. The molecule has 1 saturated carbocycles. The van der Waals surface area contributed by atoms with Crippen LogP contribution < -0.4 is 24.6 Å². The molecule has 1 aromatic carbocycles. The summed E-state index contributed by atoms with van der Waals surface area (Å²) in [7, 11) is -3.82. The number of hydrogen-bond acceptors (Lipinski definition) is 8. The fraction of sp³-hybridized carbons (Fsp3) is 0.586. The molecule has 3 N–H and O–H groups in total. The van der Waals surface area contributed by atoms with Gasteiger partial charge in [0.25, 0.3) is 11.8 Å². The molecule has 2 saturated heterocycles. The van der Waals surface area contributed by atoms with E-state index in [2.05, 4.69) is 19.9 Å². The normalized spacial score (nSPS) is 21.4. The topological polar surface area (TPSA) is 124 Å². The molecule has 4 aliphatic rings. The SMILES string of the molecule is C[C@@H](CO)S(=O)(=O)Nc1ccc(C(=O)Nc2cc3c(c(N4CCC(F)(F)CC4)n2)OCC3)c(N2CCC3(CC2)CC3)c1. The standard InChI is InChI=1S/C29H37F2N5O5S/c1-19(18-37)42(39,40)34-21-2-3-22(23(17-21)35-11-7-28(5-6-28)8-12-35)27(38)33-24-16-20-4-15-41-25(20)26(32-24)36-13-9-29(30,31)10-14-36/h2-3,16-17,19,34,37H,4-15,18H2,1H3,(H,32,33,38)/t19-/m0/s1. The maximum atomic E-state index is 13.8. The Labute approximate surface area is 244 Å². The maximum absolute atomic E-state index is 13.8. The Morgan fingerprint density at radius 1 is 1.07 bits per heavy atom. The van der Waals surface area contributed by atoms with Crippen LogP contribution in [0.5, 0.6) is 5.75 Å². The van der Waals surface area contributed by atoms with Gasteiger partial charge in [0.1, 0.15) is 11.1 Å². The number of carbonyl (C=O) groups excluding carboxylic acids is 1. The Balaban J connectivity index is 1.28.